The fraction of sp³-hybridized carbons (Fsp3) is 0. The van der Waals surface area contributed by atoms with E-state index in [-0.39, 0.29) is 0 Å². The summed E-state index contributed by atoms with van der Waals surface area (Å²) in [5.41, 5.74) is 6.31. The molecule has 5 nitrogen and oxygen atoms in total. The maximum atomic E-state index is 11.1. The topological polar surface area (TPSA) is 83.8 Å². The van der Waals surface area contributed by atoms with E-state index < -0.39 is 5.91 Å². The van der Waals surface area contributed by atoms with Crippen LogP contribution in [0.1, 0.15) is 10.4 Å². The van der Waals surface area contributed by atoms with Gasteiger partial charge in [-0.05, 0) is 12.1 Å². The number of amides is 1. The molecule has 0 aliphatic carbocycles. The van der Waals surface area contributed by atoms with Crippen LogP contribution < -0.4 is 11.1 Å². The van der Waals surface area contributed by atoms with Gasteiger partial charge in [0.15, 0.2) is 0 Å². The van der Waals surface area contributed by atoms with E-state index in [0.29, 0.717) is 17.2 Å². The normalized spacial score (nSPS) is 9.87. The molecule has 4 N–H and O–H groups in total. The van der Waals surface area contributed by atoms with Crippen molar-refractivity contribution < 1.29 is 4.79 Å². The maximum Gasteiger partial charge on any atom is 0.250 e. The Balaban J connectivity index is 2.32. The summed E-state index contributed by atoms with van der Waals surface area (Å²) in [5.74, 6) is 0.105. The Hall–Kier alpha value is -2.30. The molecule has 1 aromatic heterocycles. The number of anilines is 2. The van der Waals surface area contributed by atoms with Crippen LogP contribution in [0.5, 0.6) is 0 Å². The number of primary amides is 1. The number of para-hydroxylation sites is 1. The summed E-state index contributed by atoms with van der Waals surface area (Å²) in [5, 5.41) is 2.97. The van der Waals surface area contributed by atoms with E-state index in [1.165, 1.54) is 0 Å². The summed E-state index contributed by atoms with van der Waals surface area (Å²) in [7, 11) is 0. The number of benzene rings is 1. The molecule has 0 fully saturated rings. The molecule has 0 radical (unpaired) electrons. The molecular weight excluding hydrogens is 192 g/mol. The van der Waals surface area contributed by atoms with Crippen LogP contribution in [0, 0.1) is 0 Å². The summed E-state index contributed by atoms with van der Waals surface area (Å²) < 4.78 is 0. The molecule has 1 heterocycles. The highest BCUT2D eigenvalue weighted by Gasteiger charge is 2.07. The van der Waals surface area contributed by atoms with Crippen molar-refractivity contribution in [1.29, 1.82) is 0 Å². The number of H-pyrrole nitrogens is 1. The first kappa shape index (κ1) is 9.26. The van der Waals surface area contributed by atoms with Gasteiger partial charge in [-0.25, -0.2) is 4.98 Å². The van der Waals surface area contributed by atoms with Gasteiger partial charge in [0.2, 0.25) is 5.95 Å². The minimum Gasteiger partial charge on any atom is -0.366 e. The van der Waals surface area contributed by atoms with Crippen molar-refractivity contribution in [1.82, 2.24) is 9.97 Å². The Morgan fingerprint density at radius 3 is 2.87 bits per heavy atom. The number of nitrogens with two attached hydrogens (primary N) is 1. The second-order valence-electron chi connectivity index (χ2n) is 2.97. The predicted octanol–water partition coefficient (Wildman–Crippen LogP) is 1.25. The third kappa shape index (κ3) is 1.96. The highest BCUT2D eigenvalue weighted by molar-refractivity contribution is 5.98. The maximum absolute atomic E-state index is 11.1. The third-order valence-electron chi connectivity index (χ3n) is 1.94. The Morgan fingerprint density at radius 1 is 1.40 bits per heavy atom. The zero-order chi connectivity index (χ0) is 10.7. The van der Waals surface area contributed by atoms with Gasteiger partial charge in [0.05, 0.1) is 11.3 Å². The van der Waals surface area contributed by atoms with Gasteiger partial charge < -0.3 is 16.0 Å². The summed E-state index contributed by atoms with van der Waals surface area (Å²) in [6, 6.07) is 7.00. The highest BCUT2D eigenvalue weighted by Crippen LogP contribution is 2.17. The number of hydrogen-bond donors (Lipinski definition) is 3. The van der Waals surface area contributed by atoms with E-state index in [2.05, 4.69) is 15.3 Å². The van der Waals surface area contributed by atoms with Gasteiger partial charge in [-0.3, -0.25) is 4.79 Å². The minimum atomic E-state index is -0.468. The van der Waals surface area contributed by atoms with Crippen LogP contribution in [0.15, 0.2) is 36.7 Å². The van der Waals surface area contributed by atoms with Crippen molar-refractivity contribution in [2.75, 3.05) is 5.32 Å². The number of imidazole rings is 1. The summed E-state index contributed by atoms with van der Waals surface area (Å²) in [6.07, 6.45) is 3.31. The smallest absolute Gasteiger partial charge is 0.250 e. The van der Waals surface area contributed by atoms with Gasteiger partial charge in [-0.15, -0.1) is 0 Å². The first-order valence-electron chi connectivity index (χ1n) is 4.42. The molecule has 0 bridgehead atoms. The zero-order valence-corrected chi connectivity index (χ0v) is 7.90. The van der Waals surface area contributed by atoms with Crippen molar-refractivity contribution in [3.8, 4) is 0 Å². The summed E-state index contributed by atoms with van der Waals surface area (Å²) in [4.78, 5) is 18.0. The predicted molar refractivity (Wildman–Crippen MR) is 56.8 cm³/mol. The van der Waals surface area contributed by atoms with E-state index in [0.717, 1.165) is 0 Å². The van der Waals surface area contributed by atoms with E-state index in [1.54, 1.807) is 30.6 Å². The van der Waals surface area contributed by atoms with Crippen molar-refractivity contribution in [3.63, 3.8) is 0 Å². The van der Waals surface area contributed by atoms with Crippen LogP contribution in [0.2, 0.25) is 0 Å². The van der Waals surface area contributed by atoms with Gasteiger partial charge in [-0.2, -0.15) is 0 Å². The molecule has 2 rings (SSSR count). The number of carbonyl (C=O) groups is 1. The first-order chi connectivity index (χ1) is 7.27. The fourth-order valence-electron chi connectivity index (χ4n) is 1.27. The Kier molecular flexibility index (Phi) is 2.37. The first-order valence-corrected chi connectivity index (χ1v) is 4.42. The Morgan fingerprint density at radius 2 is 2.20 bits per heavy atom. The molecule has 15 heavy (non-hydrogen) atoms. The minimum absolute atomic E-state index is 0.439. The van der Waals surface area contributed by atoms with Crippen LogP contribution in [0.4, 0.5) is 11.6 Å². The molecule has 0 aliphatic heterocycles. The van der Waals surface area contributed by atoms with Crippen LogP contribution in [-0.2, 0) is 0 Å². The lowest BCUT2D eigenvalue weighted by molar-refractivity contribution is 0.100. The molecule has 5 heteroatoms. The molecule has 0 unspecified atom stereocenters. The van der Waals surface area contributed by atoms with E-state index >= 15 is 0 Å². The highest BCUT2D eigenvalue weighted by atomic mass is 16.1. The van der Waals surface area contributed by atoms with E-state index in [4.69, 9.17) is 5.73 Å². The average molecular weight is 202 g/mol. The van der Waals surface area contributed by atoms with Crippen molar-refractivity contribution in [2.45, 2.75) is 0 Å². The molecule has 0 saturated carbocycles. The lowest BCUT2D eigenvalue weighted by Gasteiger charge is -2.06. The van der Waals surface area contributed by atoms with E-state index in [1.807, 2.05) is 6.07 Å². The number of hydrogen-bond acceptors (Lipinski definition) is 3. The summed E-state index contributed by atoms with van der Waals surface area (Å²) in [6.45, 7) is 0. The molecule has 2 aromatic rings. The van der Waals surface area contributed by atoms with Crippen LogP contribution >= 0.6 is 0 Å². The molecule has 0 aliphatic rings. The second-order valence-corrected chi connectivity index (χ2v) is 2.97. The number of nitrogens with zero attached hydrogens (tertiary/aromatic N) is 1. The number of nitrogens with one attached hydrogen (secondary N) is 2. The van der Waals surface area contributed by atoms with Crippen molar-refractivity contribution >= 4 is 17.5 Å². The quantitative estimate of drug-likeness (QED) is 0.700. The summed E-state index contributed by atoms with van der Waals surface area (Å²) >= 11 is 0. The van der Waals surface area contributed by atoms with Crippen LogP contribution in [0.3, 0.4) is 0 Å². The molecule has 1 aromatic carbocycles. The van der Waals surface area contributed by atoms with Gasteiger partial charge in [-0.1, -0.05) is 12.1 Å². The van der Waals surface area contributed by atoms with E-state index in [9.17, 15) is 4.79 Å². The third-order valence-corrected chi connectivity index (χ3v) is 1.94. The van der Waals surface area contributed by atoms with Gasteiger partial charge in [0.1, 0.15) is 0 Å². The number of aromatic nitrogens is 2. The standard InChI is InChI=1S/C10H10N4O/c11-9(15)7-3-1-2-4-8(7)14-10-12-5-6-13-10/h1-6H,(H2,11,15)(H2,12,13,14). The monoisotopic (exact) mass is 202 g/mol. The Labute approximate surface area is 86.3 Å². The molecule has 76 valence electrons. The largest absolute Gasteiger partial charge is 0.366 e. The molecular formula is C10H10N4O. The van der Waals surface area contributed by atoms with Gasteiger partial charge in [0, 0.05) is 12.4 Å². The molecule has 0 saturated heterocycles. The second kappa shape index (κ2) is 3.83. The fourth-order valence-corrected chi connectivity index (χ4v) is 1.27. The molecule has 0 atom stereocenters. The van der Waals surface area contributed by atoms with Crippen LogP contribution in [0.25, 0.3) is 0 Å². The van der Waals surface area contributed by atoms with Crippen molar-refractivity contribution in [3.05, 3.63) is 42.2 Å². The SMILES string of the molecule is NC(=O)c1ccccc1Nc1ncc[nH]1. The zero-order valence-electron chi connectivity index (χ0n) is 7.90. The lowest BCUT2D eigenvalue weighted by Crippen LogP contribution is -2.13. The van der Waals surface area contributed by atoms with Gasteiger partial charge in [0.25, 0.3) is 5.91 Å². The van der Waals surface area contributed by atoms with Crippen molar-refractivity contribution in [2.24, 2.45) is 5.73 Å². The number of carbonyl (C=O) groups excluding carboxylic acids is 1. The number of rotatable bonds is 3. The Bertz CT molecular complexity index is 464. The molecule has 0 spiro atoms. The lowest BCUT2D eigenvalue weighted by atomic mass is 10.1. The molecule has 1 amide bonds. The average Bonchev–Trinajstić information content (AvgIpc) is 2.71. The number of aromatic amines is 1. The van der Waals surface area contributed by atoms with Gasteiger partial charge >= 0.3 is 0 Å². The van der Waals surface area contributed by atoms with Crippen LogP contribution in [-0.4, -0.2) is 15.9 Å².